The van der Waals surface area contributed by atoms with Gasteiger partial charge in [0.15, 0.2) is 0 Å². The molecule has 1 aromatic carbocycles. The van der Waals surface area contributed by atoms with Gasteiger partial charge in [0.25, 0.3) is 5.69 Å². The molecule has 1 heterocycles. The quantitative estimate of drug-likeness (QED) is 0.595. The minimum absolute atomic E-state index is 0.0102. The maximum Gasteiger partial charge on any atom is 0.269 e. The molecule has 18 heavy (non-hydrogen) atoms. The number of rotatable bonds is 3. The van der Waals surface area contributed by atoms with Crippen molar-refractivity contribution in [1.82, 2.24) is 4.90 Å². The van der Waals surface area contributed by atoms with Crippen LogP contribution in [-0.2, 0) is 11.3 Å². The fourth-order valence-corrected chi connectivity index (χ4v) is 2.00. The van der Waals surface area contributed by atoms with E-state index >= 15 is 0 Å². The average Bonchev–Trinajstić information content (AvgIpc) is 2.70. The number of carbonyl (C=O) groups excluding carboxylic acids is 1. The molecule has 0 aromatic heterocycles. The number of nitro benzene ring substituents is 1. The van der Waals surface area contributed by atoms with E-state index in [-0.39, 0.29) is 23.9 Å². The molecule has 1 atom stereocenters. The fourth-order valence-electron chi connectivity index (χ4n) is 2.00. The first-order valence-corrected chi connectivity index (χ1v) is 5.51. The SMILES string of the molecule is N#CC1CC(=O)N(Cc2cccc([N+](=O)[O-])c2)C1. The summed E-state index contributed by atoms with van der Waals surface area (Å²) in [6.07, 6.45) is 0.241. The van der Waals surface area contributed by atoms with Crippen LogP contribution >= 0.6 is 0 Å². The molecular formula is C12H11N3O3. The number of carbonyl (C=O) groups is 1. The molecule has 6 heteroatoms. The van der Waals surface area contributed by atoms with Crippen molar-refractivity contribution in [3.05, 3.63) is 39.9 Å². The smallest absolute Gasteiger partial charge is 0.269 e. The average molecular weight is 245 g/mol. The van der Waals surface area contributed by atoms with Crippen LogP contribution in [0.1, 0.15) is 12.0 Å². The van der Waals surface area contributed by atoms with Crippen LogP contribution in [0.25, 0.3) is 0 Å². The van der Waals surface area contributed by atoms with Crippen molar-refractivity contribution in [1.29, 1.82) is 5.26 Å². The van der Waals surface area contributed by atoms with Gasteiger partial charge in [0.2, 0.25) is 5.91 Å². The van der Waals surface area contributed by atoms with Gasteiger partial charge in [-0.15, -0.1) is 0 Å². The van der Waals surface area contributed by atoms with Gasteiger partial charge in [-0.1, -0.05) is 12.1 Å². The van der Waals surface area contributed by atoms with Gasteiger partial charge in [-0.3, -0.25) is 14.9 Å². The van der Waals surface area contributed by atoms with Crippen molar-refractivity contribution in [2.75, 3.05) is 6.54 Å². The number of hydrogen-bond donors (Lipinski definition) is 0. The Morgan fingerprint density at radius 3 is 2.94 bits per heavy atom. The molecule has 6 nitrogen and oxygen atoms in total. The number of hydrogen-bond acceptors (Lipinski definition) is 4. The van der Waals surface area contributed by atoms with Crippen LogP contribution in [0.15, 0.2) is 24.3 Å². The molecule has 92 valence electrons. The highest BCUT2D eigenvalue weighted by Crippen LogP contribution is 2.21. The maximum absolute atomic E-state index is 11.6. The van der Waals surface area contributed by atoms with Gasteiger partial charge in [-0.2, -0.15) is 5.26 Å². The second-order valence-electron chi connectivity index (χ2n) is 4.23. The first-order chi connectivity index (χ1) is 8.60. The number of nitriles is 1. The molecule has 1 aliphatic rings. The number of non-ortho nitro benzene ring substituents is 1. The highest BCUT2D eigenvalue weighted by molar-refractivity contribution is 5.79. The van der Waals surface area contributed by atoms with Crippen molar-refractivity contribution in [2.45, 2.75) is 13.0 Å². The molecule has 0 spiro atoms. The fraction of sp³-hybridized carbons (Fsp3) is 0.333. The second-order valence-corrected chi connectivity index (χ2v) is 4.23. The molecule has 0 saturated carbocycles. The van der Waals surface area contributed by atoms with E-state index in [4.69, 9.17) is 5.26 Å². The van der Waals surface area contributed by atoms with E-state index in [1.54, 1.807) is 17.0 Å². The van der Waals surface area contributed by atoms with E-state index in [9.17, 15) is 14.9 Å². The lowest BCUT2D eigenvalue weighted by atomic mass is 10.1. The van der Waals surface area contributed by atoms with Crippen molar-refractivity contribution >= 4 is 11.6 Å². The zero-order chi connectivity index (χ0) is 13.1. The van der Waals surface area contributed by atoms with E-state index in [1.807, 2.05) is 0 Å². The Bertz CT molecular complexity index is 536. The van der Waals surface area contributed by atoms with Gasteiger partial charge in [-0.05, 0) is 5.56 Å². The minimum atomic E-state index is -0.465. The lowest BCUT2D eigenvalue weighted by molar-refractivity contribution is -0.384. The number of nitro groups is 1. The molecule has 1 fully saturated rings. The Hall–Kier alpha value is -2.42. The molecular weight excluding hydrogens is 234 g/mol. The summed E-state index contributed by atoms with van der Waals surface area (Å²) >= 11 is 0. The van der Waals surface area contributed by atoms with E-state index in [1.165, 1.54) is 12.1 Å². The number of amides is 1. The van der Waals surface area contributed by atoms with Gasteiger partial charge >= 0.3 is 0 Å². The topological polar surface area (TPSA) is 87.2 Å². The maximum atomic E-state index is 11.6. The standard InChI is InChI=1S/C12H11N3O3/c13-6-10-5-12(16)14(8-10)7-9-2-1-3-11(4-9)15(17)18/h1-4,10H,5,7-8H2. The van der Waals surface area contributed by atoms with E-state index < -0.39 is 4.92 Å². The van der Waals surface area contributed by atoms with E-state index in [0.29, 0.717) is 18.7 Å². The third-order valence-electron chi connectivity index (χ3n) is 2.89. The minimum Gasteiger partial charge on any atom is -0.337 e. The second kappa shape index (κ2) is 4.84. The Morgan fingerprint density at radius 1 is 1.56 bits per heavy atom. The lowest BCUT2D eigenvalue weighted by Crippen LogP contribution is -2.24. The molecule has 1 amide bonds. The van der Waals surface area contributed by atoms with Crippen LogP contribution in [0.5, 0.6) is 0 Å². The molecule has 2 rings (SSSR count). The predicted octanol–water partition coefficient (Wildman–Crippen LogP) is 1.47. The van der Waals surface area contributed by atoms with Crippen LogP contribution in [-0.4, -0.2) is 22.3 Å². The molecule has 1 unspecified atom stereocenters. The molecule has 0 N–H and O–H groups in total. The van der Waals surface area contributed by atoms with Crippen LogP contribution in [0.4, 0.5) is 5.69 Å². The molecule has 1 saturated heterocycles. The summed E-state index contributed by atoms with van der Waals surface area (Å²) in [5.41, 5.74) is 0.715. The summed E-state index contributed by atoms with van der Waals surface area (Å²) in [6, 6.07) is 8.26. The molecule has 1 aliphatic heterocycles. The number of nitrogens with zero attached hydrogens (tertiary/aromatic N) is 3. The number of benzene rings is 1. The van der Waals surface area contributed by atoms with Gasteiger partial charge < -0.3 is 4.90 Å². The van der Waals surface area contributed by atoms with Crippen LogP contribution < -0.4 is 0 Å². The van der Waals surface area contributed by atoms with Crippen molar-refractivity contribution in [3.8, 4) is 6.07 Å². The summed E-state index contributed by atoms with van der Waals surface area (Å²) in [4.78, 5) is 23.3. The van der Waals surface area contributed by atoms with Gasteiger partial charge in [0.1, 0.15) is 0 Å². The molecule has 0 aliphatic carbocycles. The summed E-state index contributed by atoms with van der Waals surface area (Å²) in [7, 11) is 0. The summed E-state index contributed by atoms with van der Waals surface area (Å²) < 4.78 is 0. The third kappa shape index (κ3) is 2.46. The van der Waals surface area contributed by atoms with Crippen LogP contribution in [0.3, 0.4) is 0 Å². The normalized spacial score (nSPS) is 18.7. The highest BCUT2D eigenvalue weighted by atomic mass is 16.6. The van der Waals surface area contributed by atoms with Crippen molar-refractivity contribution in [2.24, 2.45) is 5.92 Å². The lowest BCUT2D eigenvalue weighted by Gasteiger charge is -2.15. The Labute approximate surface area is 104 Å². The largest absolute Gasteiger partial charge is 0.337 e. The summed E-state index contributed by atoms with van der Waals surface area (Å²) in [6.45, 7) is 0.719. The first-order valence-electron chi connectivity index (χ1n) is 5.51. The van der Waals surface area contributed by atoms with Crippen molar-refractivity contribution < 1.29 is 9.72 Å². The zero-order valence-corrected chi connectivity index (χ0v) is 9.57. The monoisotopic (exact) mass is 245 g/mol. The third-order valence-corrected chi connectivity index (χ3v) is 2.89. The Kier molecular flexibility index (Phi) is 3.24. The predicted molar refractivity (Wildman–Crippen MR) is 62.2 cm³/mol. The van der Waals surface area contributed by atoms with E-state index in [0.717, 1.165) is 0 Å². The van der Waals surface area contributed by atoms with Gasteiger partial charge in [0, 0.05) is 31.6 Å². The summed E-state index contributed by atoms with van der Waals surface area (Å²) in [5, 5.41) is 19.4. The first kappa shape index (κ1) is 12.0. The van der Waals surface area contributed by atoms with E-state index in [2.05, 4.69) is 6.07 Å². The Morgan fingerprint density at radius 2 is 2.33 bits per heavy atom. The van der Waals surface area contributed by atoms with Gasteiger partial charge in [0.05, 0.1) is 16.9 Å². The van der Waals surface area contributed by atoms with Gasteiger partial charge in [-0.25, -0.2) is 0 Å². The van der Waals surface area contributed by atoms with Crippen LogP contribution in [0, 0.1) is 27.4 Å². The summed E-state index contributed by atoms with van der Waals surface area (Å²) in [5.74, 6) is -0.343. The van der Waals surface area contributed by atoms with Crippen molar-refractivity contribution in [3.63, 3.8) is 0 Å². The van der Waals surface area contributed by atoms with Crippen LogP contribution in [0.2, 0.25) is 0 Å². The molecule has 0 radical (unpaired) electrons. The zero-order valence-electron chi connectivity index (χ0n) is 9.57. The number of likely N-dealkylation sites (tertiary alicyclic amines) is 1. The molecule has 0 bridgehead atoms. The Balaban J connectivity index is 2.11. The molecule has 1 aromatic rings. The highest BCUT2D eigenvalue weighted by Gasteiger charge is 2.29.